The first kappa shape index (κ1) is 10.4. The molecule has 3 N–H and O–H groups in total. The van der Waals surface area contributed by atoms with Gasteiger partial charge in [-0.25, -0.2) is 0 Å². The van der Waals surface area contributed by atoms with Crippen LogP contribution >= 0.6 is 0 Å². The Morgan fingerprint density at radius 3 is 2.50 bits per heavy atom. The largest absolute Gasteiger partial charge is 0.386 e. The number of hydrogen-bond donors (Lipinski definition) is 2. The van der Waals surface area contributed by atoms with E-state index in [9.17, 15) is 5.11 Å². The highest BCUT2D eigenvalue weighted by Crippen LogP contribution is 2.39. The third-order valence-electron chi connectivity index (χ3n) is 3.41. The molecule has 3 nitrogen and oxygen atoms in total. The van der Waals surface area contributed by atoms with Gasteiger partial charge in [0.15, 0.2) is 0 Å². The van der Waals surface area contributed by atoms with Crippen molar-refractivity contribution < 1.29 is 9.84 Å². The van der Waals surface area contributed by atoms with Crippen LogP contribution in [0.5, 0.6) is 0 Å². The van der Waals surface area contributed by atoms with Crippen LogP contribution in [0.25, 0.3) is 0 Å². The fourth-order valence-electron chi connectivity index (χ4n) is 1.87. The van der Waals surface area contributed by atoms with Gasteiger partial charge in [-0.15, -0.1) is 0 Å². The molecule has 82 valence electrons. The summed E-state index contributed by atoms with van der Waals surface area (Å²) in [5.74, 6) is 1.30. The summed E-state index contributed by atoms with van der Waals surface area (Å²) in [6.07, 6.45) is 6.12. The van der Waals surface area contributed by atoms with Gasteiger partial charge in [0.2, 0.25) is 0 Å². The minimum absolute atomic E-state index is 0.334. The van der Waals surface area contributed by atoms with Gasteiger partial charge in [0, 0.05) is 13.2 Å². The van der Waals surface area contributed by atoms with Gasteiger partial charge >= 0.3 is 0 Å². The first-order valence-corrected chi connectivity index (χ1v) is 5.75. The molecule has 0 aliphatic heterocycles. The van der Waals surface area contributed by atoms with Crippen LogP contribution in [0.3, 0.4) is 0 Å². The summed E-state index contributed by atoms with van der Waals surface area (Å²) < 4.78 is 5.51. The van der Waals surface area contributed by atoms with Gasteiger partial charge in [0.05, 0.1) is 6.61 Å². The molecule has 0 spiro atoms. The van der Waals surface area contributed by atoms with Crippen LogP contribution in [-0.2, 0) is 4.74 Å². The van der Waals surface area contributed by atoms with Crippen LogP contribution in [0.2, 0.25) is 0 Å². The van der Waals surface area contributed by atoms with Crippen LogP contribution in [0, 0.1) is 11.8 Å². The smallest absolute Gasteiger partial charge is 0.103 e. The van der Waals surface area contributed by atoms with E-state index < -0.39 is 5.60 Å². The van der Waals surface area contributed by atoms with Crippen molar-refractivity contribution in [2.24, 2.45) is 17.6 Å². The van der Waals surface area contributed by atoms with Gasteiger partial charge in [-0.3, -0.25) is 0 Å². The lowest BCUT2D eigenvalue weighted by Crippen LogP contribution is -2.44. The van der Waals surface area contributed by atoms with Crippen molar-refractivity contribution in [3.63, 3.8) is 0 Å². The monoisotopic (exact) mass is 199 g/mol. The van der Waals surface area contributed by atoms with E-state index >= 15 is 0 Å². The maximum absolute atomic E-state index is 10.1. The lowest BCUT2D eigenvalue weighted by Gasteiger charge is -2.26. The Balaban J connectivity index is 1.60. The molecule has 2 saturated carbocycles. The van der Waals surface area contributed by atoms with Crippen molar-refractivity contribution in [3.8, 4) is 0 Å². The van der Waals surface area contributed by atoms with Crippen molar-refractivity contribution in [3.05, 3.63) is 0 Å². The molecule has 2 aliphatic carbocycles. The molecule has 0 bridgehead atoms. The van der Waals surface area contributed by atoms with E-state index in [0.717, 1.165) is 31.8 Å². The quantitative estimate of drug-likeness (QED) is 0.599. The zero-order valence-corrected chi connectivity index (χ0v) is 8.74. The minimum atomic E-state index is -0.733. The number of hydrogen-bond acceptors (Lipinski definition) is 3. The highest BCUT2D eigenvalue weighted by molar-refractivity contribution is 4.95. The Labute approximate surface area is 85.6 Å². The fraction of sp³-hybridized carbons (Fsp3) is 1.00. The van der Waals surface area contributed by atoms with E-state index in [0.29, 0.717) is 19.1 Å². The Morgan fingerprint density at radius 1 is 1.29 bits per heavy atom. The summed E-state index contributed by atoms with van der Waals surface area (Å²) in [5, 5.41) is 10.1. The third kappa shape index (κ3) is 2.69. The van der Waals surface area contributed by atoms with E-state index in [2.05, 4.69) is 0 Å². The highest BCUT2D eigenvalue weighted by atomic mass is 16.5. The molecule has 2 rings (SSSR count). The first-order chi connectivity index (χ1) is 6.74. The number of rotatable bonds is 7. The van der Waals surface area contributed by atoms with Gasteiger partial charge in [-0.1, -0.05) is 12.8 Å². The SMILES string of the molecule is NCC(O)(COCCC1CC1)C1CC1. The van der Waals surface area contributed by atoms with Gasteiger partial charge in [-0.2, -0.15) is 0 Å². The summed E-state index contributed by atoms with van der Waals surface area (Å²) in [4.78, 5) is 0. The molecule has 2 fully saturated rings. The second-order valence-electron chi connectivity index (χ2n) is 4.87. The summed E-state index contributed by atoms with van der Waals surface area (Å²) in [6.45, 7) is 1.56. The predicted octanol–water partition coefficient (Wildman–Crippen LogP) is 0.903. The summed E-state index contributed by atoms with van der Waals surface area (Å²) in [5.41, 5.74) is 4.84. The number of aliphatic hydroxyl groups is 1. The van der Waals surface area contributed by atoms with E-state index in [1.807, 2.05) is 0 Å². The van der Waals surface area contributed by atoms with Gasteiger partial charge in [0.1, 0.15) is 5.60 Å². The zero-order valence-electron chi connectivity index (χ0n) is 8.74. The maximum atomic E-state index is 10.1. The van der Waals surface area contributed by atoms with Crippen molar-refractivity contribution in [1.29, 1.82) is 0 Å². The molecule has 14 heavy (non-hydrogen) atoms. The Morgan fingerprint density at radius 2 is 2.00 bits per heavy atom. The molecule has 0 aromatic carbocycles. The Hall–Kier alpha value is -0.120. The molecule has 0 radical (unpaired) electrons. The van der Waals surface area contributed by atoms with E-state index in [1.54, 1.807) is 0 Å². The molecule has 1 atom stereocenters. The molecule has 1 unspecified atom stereocenters. The van der Waals surface area contributed by atoms with Crippen molar-refractivity contribution >= 4 is 0 Å². The average molecular weight is 199 g/mol. The van der Waals surface area contributed by atoms with Crippen molar-refractivity contribution in [2.45, 2.75) is 37.7 Å². The minimum Gasteiger partial charge on any atom is -0.386 e. The van der Waals surface area contributed by atoms with Crippen LogP contribution in [0.1, 0.15) is 32.1 Å². The first-order valence-electron chi connectivity index (χ1n) is 5.75. The van der Waals surface area contributed by atoms with Gasteiger partial charge in [0.25, 0.3) is 0 Å². The van der Waals surface area contributed by atoms with Crippen molar-refractivity contribution in [1.82, 2.24) is 0 Å². The van der Waals surface area contributed by atoms with E-state index in [4.69, 9.17) is 10.5 Å². The van der Waals surface area contributed by atoms with E-state index in [1.165, 1.54) is 12.8 Å². The Kier molecular flexibility index (Phi) is 3.10. The molecule has 0 aromatic heterocycles. The zero-order chi connectivity index (χ0) is 10.0. The maximum Gasteiger partial charge on any atom is 0.103 e. The lowest BCUT2D eigenvalue weighted by atomic mass is 9.99. The number of ether oxygens (including phenoxy) is 1. The standard InChI is InChI=1S/C11H21NO2/c12-7-11(13,10-3-4-10)8-14-6-5-9-1-2-9/h9-10,13H,1-8,12H2. The van der Waals surface area contributed by atoms with Crippen LogP contribution in [0.15, 0.2) is 0 Å². The number of nitrogens with two attached hydrogens (primary N) is 1. The summed E-state index contributed by atoms with van der Waals surface area (Å²) >= 11 is 0. The second kappa shape index (κ2) is 4.17. The summed E-state index contributed by atoms with van der Waals surface area (Å²) in [6, 6.07) is 0. The summed E-state index contributed by atoms with van der Waals surface area (Å²) in [7, 11) is 0. The molecule has 0 amide bonds. The molecule has 0 heterocycles. The molecular weight excluding hydrogens is 178 g/mol. The molecule has 0 saturated heterocycles. The van der Waals surface area contributed by atoms with Crippen LogP contribution in [0.4, 0.5) is 0 Å². The third-order valence-corrected chi connectivity index (χ3v) is 3.41. The molecule has 2 aliphatic rings. The second-order valence-corrected chi connectivity index (χ2v) is 4.87. The van der Waals surface area contributed by atoms with Crippen LogP contribution in [-0.4, -0.2) is 30.5 Å². The normalized spacial score (nSPS) is 26.1. The van der Waals surface area contributed by atoms with Crippen LogP contribution < -0.4 is 5.73 Å². The lowest BCUT2D eigenvalue weighted by molar-refractivity contribution is -0.0558. The predicted molar refractivity (Wildman–Crippen MR) is 54.9 cm³/mol. The Bertz CT molecular complexity index is 190. The highest BCUT2D eigenvalue weighted by Gasteiger charge is 2.42. The van der Waals surface area contributed by atoms with Gasteiger partial charge < -0.3 is 15.6 Å². The van der Waals surface area contributed by atoms with Gasteiger partial charge in [-0.05, 0) is 31.1 Å². The van der Waals surface area contributed by atoms with Crippen molar-refractivity contribution in [2.75, 3.05) is 19.8 Å². The van der Waals surface area contributed by atoms with E-state index in [-0.39, 0.29) is 0 Å². The fourth-order valence-corrected chi connectivity index (χ4v) is 1.87. The molecule has 0 aromatic rings. The molecular formula is C11H21NO2. The average Bonchev–Trinajstić information content (AvgIpc) is 3.04. The topological polar surface area (TPSA) is 55.5 Å². The molecule has 3 heteroatoms.